The second-order valence-electron chi connectivity index (χ2n) is 7.11. The lowest BCUT2D eigenvalue weighted by Gasteiger charge is -2.33. The summed E-state index contributed by atoms with van der Waals surface area (Å²) in [5.74, 6) is -2.47. The van der Waals surface area contributed by atoms with Crippen LogP contribution in [0.1, 0.15) is 27.7 Å². The molecule has 32 heavy (non-hydrogen) atoms. The van der Waals surface area contributed by atoms with Crippen molar-refractivity contribution in [3.05, 3.63) is 60.7 Å². The normalized spacial score (nSPS) is 11.2. The van der Waals surface area contributed by atoms with Crippen LogP contribution in [0.5, 0.6) is 0 Å². The first-order valence-corrected chi connectivity index (χ1v) is 14.0. The van der Waals surface area contributed by atoms with Crippen LogP contribution in [0.3, 0.4) is 0 Å². The van der Waals surface area contributed by atoms with Gasteiger partial charge in [-0.05, 0) is 0 Å². The van der Waals surface area contributed by atoms with Gasteiger partial charge in [-0.3, -0.25) is 19.2 Å². The van der Waals surface area contributed by atoms with E-state index in [1.807, 2.05) is 0 Å². The average molecular weight is 475 g/mol. The number of hydrogen-bond donors (Lipinski definition) is 0. The Labute approximate surface area is 188 Å². The van der Waals surface area contributed by atoms with E-state index in [0.29, 0.717) is 10.4 Å². The van der Waals surface area contributed by atoms with E-state index in [9.17, 15) is 19.2 Å². The molecule has 170 valence electrons. The van der Waals surface area contributed by atoms with Gasteiger partial charge in [0.15, 0.2) is 0 Å². The Hall–Kier alpha value is -3.25. The maximum Gasteiger partial charge on any atom is 0.499 e. The first-order chi connectivity index (χ1) is 15.1. The predicted octanol–water partition coefficient (Wildman–Crippen LogP) is 1.94. The van der Waals surface area contributed by atoms with E-state index in [-0.39, 0.29) is 12.1 Å². The third-order valence-electron chi connectivity index (χ3n) is 4.44. The van der Waals surface area contributed by atoms with Crippen LogP contribution in [0.2, 0.25) is 12.1 Å². The Bertz CT molecular complexity index is 851. The second kappa shape index (κ2) is 10.9. The van der Waals surface area contributed by atoms with Gasteiger partial charge < -0.3 is 17.7 Å². The molecule has 0 radical (unpaired) electrons. The van der Waals surface area contributed by atoms with Crippen LogP contribution in [-0.4, -0.2) is 41.0 Å². The van der Waals surface area contributed by atoms with Gasteiger partial charge in [0.05, 0.1) is 0 Å². The first kappa shape index (κ1) is 25.0. The van der Waals surface area contributed by atoms with Gasteiger partial charge in [-0.15, -0.1) is 0 Å². The van der Waals surface area contributed by atoms with Crippen LogP contribution in [-0.2, 0) is 36.9 Å². The molecule has 8 nitrogen and oxygen atoms in total. The van der Waals surface area contributed by atoms with Gasteiger partial charge in [0.1, 0.15) is 0 Å². The molecule has 0 saturated heterocycles. The lowest BCUT2D eigenvalue weighted by Crippen LogP contribution is -2.60. The van der Waals surface area contributed by atoms with Gasteiger partial charge in [0.2, 0.25) is 0 Å². The van der Waals surface area contributed by atoms with Gasteiger partial charge >= 0.3 is 17.1 Å². The van der Waals surface area contributed by atoms with E-state index in [0.717, 1.165) is 0 Å². The van der Waals surface area contributed by atoms with Crippen LogP contribution >= 0.6 is 0 Å². The molecule has 0 bridgehead atoms. The highest BCUT2D eigenvalue weighted by molar-refractivity contribution is 6.88. The molecule has 0 amide bonds. The van der Waals surface area contributed by atoms with Gasteiger partial charge in [-0.25, -0.2) is 0 Å². The highest BCUT2D eigenvalue weighted by Crippen LogP contribution is 2.26. The molecular formula is C22H26O8Si2. The molecule has 0 N–H and O–H groups in total. The molecule has 0 aliphatic carbocycles. The highest BCUT2D eigenvalue weighted by atomic mass is 28.4. The summed E-state index contributed by atoms with van der Waals surface area (Å²) in [6.07, 6.45) is 0. The number of carbonyl (C=O) groups excluding carboxylic acids is 4. The lowest BCUT2D eigenvalue weighted by molar-refractivity contribution is -0.141. The summed E-state index contributed by atoms with van der Waals surface area (Å²) < 4.78 is 22.7. The maximum absolute atomic E-state index is 12.0. The predicted molar refractivity (Wildman–Crippen MR) is 120 cm³/mol. The summed E-state index contributed by atoms with van der Waals surface area (Å²) in [7, 11) is -7.38. The quantitative estimate of drug-likeness (QED) is 0.508. The molecule has 2 aromatic carbocycles. The smallest absolute Gasteiger partial charge is 0.482 e. The van der Waals surface area contributed by atoms with Crippen molar-refractivity contribution in [3.8, 4) is 0 Å². The molecule has 0 atom stereocenters. The molecule has 0 aromatic heterocycles. The van der Waals surface area contributed by atoms with Crippen LogP contribution in [0.15, 0.2) is 60.7 Å². The van der Waals surface area contributed by atoms with Crippen LogP contribution in [0.4, 0.5) is 0 Å². The molecule has 0 heterocycles. The van der Waals surface area contributed by atoms with Crippen molar-refractivity contribution in [3.63, 3.8) is 0 Å². The fourth-order valence-electron chi connectivity index (χ4n) is 3.41. The Morgan fingerprint density at radius 1 is 0.531 bits per heavy atom. The SMILES string of the molecule is CC(=O)O[Si](CC[Si](OC(C)=O)(OC(C)=O)c1ccccc1)(OC(C)=O)c1ccccc1. The molecule has 10 heteroatoms. The summed E-state index contributed by atoms with van der Waals surface area (Å²) in [4.78, 5) is 48.1. The van der Waals surface area contributed by atoms with E-state index < -0.39 is 41.0 Å². The van der Waals surface area contributed by atoms with Gasteiger partial charge in [-0.2, -0.15) is 0 Å². The molecule has 0 saturated carbocycles. The zero-order valence-electron chi connectivity index (χ0n) is 18.5. The zero-order valence-corrected chi connectivity index (χ0v) is 20.5. The number of rotatable bonds is 9. The van der Waals surface area contributed by atoms with Crippen molar-refractivity contribution in [1.82, 2.24) is 0 Å². The fourth-order valence-corrected chi connectivity index (χ4v) is 10.8. The van der Waals surface area contributed by atoms with E-state index in [2.05, 4.69) is 0 Å². The van der Waals surface area contributed by atoms with E-state index in [1.54, 1.807) is 60.7 Å². The van der Waals surface area contributed by atoms with Crippen LogP contribution in [0.25, 0.3) is 0 Å². The number of benzene rings is 2. The Kier molecular flexibility index (Phi) is 8.50. The third kappa shape index (κ3) is 6.62. The van der Waals surface area contributed by atoms with Gasteiger partial charge in [0.25, 0.3) is 23.9 Å². The summed E-state index contributed by atoms with van der Waals surface area (Å²) in [5.41, 5.74) is 0. The highest BCUT2D eigenvalue weighted by Gasteiger charge is 2.54. The van der Waals surface area contributed by atoms with Crippen molar-refractivity contribution < 1.29 is 36.9 Å². The Morgan fingerprint density at radius 3 is 1.00 bits per heavy atom. The number of hydrogen-bond acceptors (Lipinski definition) is 8. The fraction of sp³-hybridized carbons (Fsp3) is 0.273. The largest absolute Gasteiger partial charge is 0.499 e. The van der Waals surface area contributed by atoms with E-state index in [4.69, 9.17) is 17.7 Å². The summed E-state index contributed by atoms with van der Waals surface area (Å²) in [5, 5.41) is 1.10. The first-order valence-electron chi connectivity index (χ1n) is 9.98. The van der Waals surface area contributed by atoms with Crippen molar-refractivity contribution in [1.29, 1.82) is 0 Å². The van der Waals surface area contributed by atoms with Crippen molar-refractivity contribution in [2.24, 2.45) is 0 Å². The molecule has 0 aliphatic heterocycles. The minimum Gasteiger partial charge on any atom is -0.482 e. The zero-order chi connectivity index (χ0) is 23.8. The molecular weight excluding hydrogens is 448 g/mol. The monoisotopic (exact) mass is 474 g/mol. The second-order valence-corrected chi connectivity index (χ2v) is 13.1. The summed E-state index contributed by atoms with van der Waals surface area (Å²) >= 11 is 0. The molecule has 0 fully saturated rings. The van der Waals surface area contributed by atoms with Crippen molar-refractivity contribution in [2.45, 2.75) is 39.8 Å². The Morgan fingerprint density at radius 2 is 0.781 bits per heavy atom. The molecule has 2 aromatic rings. The topological polar surface area (TPSA) is 105 Å². The Balaban J connectivity index is 2.59. The standard InChI is InChI=1S/C22H26O8Si2/c1-17(23)27-31(28-18(2)24,21-11-7-5-8-12-21)15-16-32(29-19(3)25,30-20(4)26)22-13-9-6-10-14-22/h5-14H,15-16H2,1-4H3. The molecule has 0 unspecified atom stereocenters. The van der Waals surface area contributed by atoms with Crippen LogP contribution in [0, 0.1) is 0 Å². The maximum atomic E-state index is 12.0. The van der Waals surface area contributed by atoms with Gasteiger partial charge in [0, 0.05) is 50.2 Å². The summed E-state index contributed by atoms with van der Waals surface area (Å²) in [6.45, 7) is 4.92. The van der Waals surface area contributed by atoms with Crippen molar-refractivity contribution >= 4 is 51.4 Å². The average Bonchev–Trinajstić information content (AvgIpc) is 2.71. The van der Waals surface area contributed by atoms with Crippen LogP contribution < -0.4 is 10.4 Å². The third-order valence-corrected chi connectivity index (χ3v) is 11.7. The number of carbonyl (C=O) groups is 4. The molecule has 0 aliphatic rings. The van der Waals surface area contributed by atoms with E-state index in [1.165, 1.54) is 27.7 Å². The molecule has 0 spiro atoms. The molecule has 2 rings (SSSR count). The van der Waals surface area contributed by atoms with Crippen molar-refractivity contribution in [2.75, 3.05) is 0 Å². The van der Waals surface area contributed by atoms with Gasteiger partial charge in [-0.1, -0.05) is 60.7 Å². The summed E-state index contributed by atoms with van der Waals surface area (Å²) in [6, 6.07) is 17.4. The minimum absolute atomic E-state index is 0.0256. The van der Waals surface area contributed by atoms with E-state index >= 15 is 0 Å². The minimum atomic E-state index is -3.69. The lowest BCUT2D eigenvalue weighted by atomic mass is 10.4.